The van der Waals surface area contributed by atoms with E-state index in [4.69, 9.17) is 4.74 Å². The number of halogens is 2. The predicted molar refractivity (Wildman–Crippen MR) is 142 cm³/mol. The van der Waals surface area contributed by atoms with Gasteiger partial charge in [-0.25, -0.2) is 28.5 Å². The number of hydrogen-bond acceptors (Lipinski definition) is 8. The Morgan fingerprint density at radius 1 is 1.05 bits per heavy atom. The number of aromatic nitrogens is 3. The van der Waals surface area contributed by atoms with E-state index in [9.17, 15) is 8.76 Å². The zero-order valence-electron chi connectivity index (χ0n) is 20.6. The lowest BCUT2D eigenvalue weighted by molar-refractivity contribution is 0.446. The van der Waals surface area contributed by atoms with Crippen LogP contribution in [0.5, 0.6) is 11.6 Å². The van der Waals surface area contributed by atoms with Gasteiger partial charge in [0, 0.05) is 53.9 Å². The fourth-order valence-electron chi connectivity index (χ4n) is 4.45. The highest BCUT2D eigenvalue weighted by atomic mass is 32.2. The summed E-state index contributed by atoms with van der Waals surface area (Å²) in [4.78, 5) is 13.1. The van der Waals surface area contributed by atoms with Crippen molar-refractivity contribution in [3.63, 3.8) is 0 Å². The van der Waals surface area contributed by atoms with Gasteiger partial charge in [-0.15, -0.1) is 0 Å². The third-order valence-electron chi connectivity index (χ3n) is 6.24. The number of anilines is 1. The van der Waals surface area contributed by atoms with Gasteiger partial charge in [0.15, 0.2) is 0 Å². The average Bonchev–Trinajstić information content (AvgIpc) is 2.93. The first kappa shape index (κ1) is 26.8. The fourth-order valence-corrected chi connectivity index (χ4v) is 4.89. The molecule has 3 heterocycles. The third kappa shape index (κ3) is 6.60. The van der Waals surface area contributed by atoms with Gasteiger partial charge in [-0.2, -0.15) is 0 Å². The maximum Gasteiger partial charge on any atom is 0.228 e. The SMILES string of the molecule is O=S([O-])N[C@@H](c1ccccc1)c1c(F)cc(Oc2ncccc2-c2ccnc(N[C@H]3CCCNC3)n2)cc1F. The Balaban J connectivity index is 1.42. The zero-order chi connectivity index (χ0) is 27.2. The Bertz CT molecular complexity index is 1430. The van der Waals surface area contributed by atoms with Crippen LogP contribution in [0.25, 0.3) is 11.3 Å². The van der Waals surface area contributed by atoms with Gasteiger partial charge >= 0.3 is 0 Å². The number of rotatable bonds is 9. The van der Waals surface area contributed by atoms with E-state index in [1.165, 1.54) is 6.20 Å². The highest BCUT2D eigenvalue weighted by molar-refractivity contribution is 7.77. The summed E-state index contributed by atoms with van der Waals surface area (Å²) >= 11 is -2.77. The number of hydrogen-bond donors (Lipinski definition) is 3. The molecule has 9 nitrogen and oxygen atoms in total. The van der Waals surface area contributed by atoms with Crippen molar-refractivity contribution in [3.8, 4) is 22.9 Å². The third-order valence-corrected chi connectivity index (χ3v) is 6.66. The summed E-state index contributed by atoms with van der Waals surface area (Å²) in [5, 5.41) is 6.66. The van der Waals surface area contributed by atoms with Crippen molar-refractivity contribution in [3.05, 3.63) is 95.8 Å². The molecule has 4 aromatic rings. The Hall–Kier alpha value is -3.84. The molecular formula is C27H25F2N6O3S-. The average molecular weight is 552 g/mol. The maximum absolute atomic E-state index is 15.3. The molecule has 1 aliphatic rings. The van der Waals surface area contributed by atoms with Crippen LogP contribution < -0.4 is 20.1 Å². The van der Waals surface area contributed by atoms with E-state index in [1.54, 1.807) is 54.7 Å². The Labute approximate surface area is 226 Å². The van der Waals surface area contributed by atoms with Crippen LogP contribution in [0, 0.1) is 11.6 Å². The number of pyridine rings is 1. The van der Waals surface area contributed by atoms with E-state index in [0.717, 1.165) is 38.1 Å². The largest absolute Gasteiger partial charge is 0.760 e. The summed E-state index contributed by atoms with van der Waals surface area (Å²) in [7, 11) is 0. The molecule has 1 unspecified atom stereocenters. The Morgan fingerprint density at radius 3 is 2.56 bits per heavy atom. The lowest BCUT2D eigenvalue weighted by Gasteiger charge is -2.23. The second kappa shape index (κ2) is 12.3. The van der Waals surface area contributed by atoms with Crippen molar-refractivity contribution in [2.45, 2.75) is 24.9 Å². The van der Waals surface area contributed by atoms with Crippen molar-refractivity contribution in [2.75, 3.05) is 18.4 Å². The molecule has 12 heteroatoms. The first-order chi connectivity index (χ1) is 19.0. The van der Waals surface area contributed by atoms with Crippen LogP contribution in [-0.4, -0.2) is 42.8 Å². The molecule has 1 fully saturated rings. The molecular weight excluding hydrogens is 526 g/mol. The molecule has 39 heavy (non-hydrogen) atoms. The quantitative estimate of drug-likeness (QED) is 0.264. The molecule has 0 bridgehead atoms. The lowest BCUT2D eigenvalue weighted by atomic mass is 9.98. The van der Waals surface area contributed by atoms with Crippen LogP contribution in [0.3, 0.4) is 0 Å². The normalized spacial score (nSPS) is 16.8. The monoisotopic (exact) mass is 551 g/mol. The molecule has 3 atom stereocenters. The summed E-state index contributed by atoms with van der Waals surface area (Å²) in [6, 6.07) is 14.2. The van der Waals surface area contributed by atoms with Gasteiger partial charge in [-0.3, -0.25) is 4.21 Å². The van der Waals surface area contributed by atoms with Crippen molar-refractivity contribution < 1.29 is 22.3 Å². The van der Waals surface area contributed by atoms with E-state index in [2.05, 4.69) is 30.3 Å². The Morgan fingerprint density at radius 2 is 1.85 bits per heavy atom. The van der Waals surface area contributed by atoms with E-state index < -0.39 is 34.5 Å². The molecule has 0 radical (unpaired) electrons. The number of nitrogens with one attached hydrogen (secondary N) is 3. The van der Waals surface area contributed by atoms with Gasteiger partial charge in [0.2, 0.25) is 11.8 Å². The van der Waals surface area contributed by atoms with Crippen molar-refractivity contribution >= 4 is 17.2 Å². The molecule has 202 valence electrons. The zero-order valence-corrected chi connectivity index (χ0v) is 21.5. The minimum atomic E-state index is -2.77. The minimum absolute atomic E-state index is 0.0893. The van der Waals surface area contributed by atoms with Gasteiger partial charge in [-0.1, -0.05) is 30.3 Å². The smallest absolute Gasteiger partial charge is 0.228 e. The van der Waals surface area contributed by atoms with Gasteiger partial charge in [0.05, 0.1) is 17.3 Å². The van der Waals surface area contributed by atoms with Crippen molar-refractivity contribution in [2.24, 2.45) is 0 Å². The maximum atomic E-state index is 15.3. The fraction of sp³-hybridized carbons (Fsp3) is 0.222. The van der Waals surface area contributed by atoms with E-state index in [-0.39, 0.29) is 17.7 Å². The minimum Gasteiger partial charge on any atom is -0.760 e. The molecule has 2 aromatic carbocycles. The molecule has 0 amide bonds. The summed E-state index contributed by atoms with van der Waals surface area (Å²) in [6.07, 6.45) is 5.16. The topological polar surface area (TPSA) is 124 Å². The molecule has 0 aliphatic carbocycles. The number of nitrogens with zero attached hydrogens (tertiary/aromatic N) is 3. The first-order valence-corrected chi connectivity index (χ1v) is 13.4. The predicted octanol–water partition coefficient (Wildman–Crippen LogP) is 4.25. The lowest BCUT2D eigenvalue weighted by Crippen LogP contribution is -2.38. The summed E-state index contributed by atoms with van der Waals surface area (Å²) < 4.78 is 61.3. The molecule has 3 N–H and O–H groups in total. The highest BCUT2D eigenvalue weighted by Gasteiger charge is 2.24. The first-order valence-electron chi connectivity index (χ1n) is 12.3. The van der Waals surface area contributed by atoms with Crippen LogP contribution in [0.4, 0.5) is 14.7 Å². The summed E-state index contributed by atoms with van der Waals surface area (Å²) in [5.41, 5.74) is 0.934. The van der Waals surface area contributed by atoms with Gasteiger partial charge in [0.25, 0.3) is 0 Å². The van der Waals surface area contributed by atoms with E-state index in [1.807, 2.05) is 0 Å². The molecule has 0 saturated carbocycles. The summed E-state index contributed by atoms with van der Waals surface area (Å²) in [5.74, 6) is -1.57. The number of ether oxygens (including phenoxy) is 1. The summed E-state index contributed by atoms with van der Waals surface area (Å²) in [6.45, 7) is 1.80. The van der Waals surface area contributed by atoms with Gasteiger partial charge in [0.1, 0.15) is 17.4 Å². The van der Waals surface area contributed by atoms with Crippen LogP contribution in [0.15, 0.2) is 73.1 Å². The molecule has 1 aliphatic heterocycles. The number of piperidine rings is 1. The van der Waals surface area contributed by atoms with Crippen LogP contribution in [0.1, 0.15) is 30.0 Å². The number of benzene rings is 2. The Kier molecular flexibility index (Phi) is 8.47. The second-order valence-corrected chi connectivity index (χ2v) is 9.61. The van der Waals surface area contributed by atoms with Gasteiger partial charge in [-0.05, 0) is 43.1 Å². The molecule has 0 spiro atoms. The van der Waals surface area contributed by atoms with Crippen molar-refractivity contribution in [1.82, 2.24) is 25.0 Å². The highest BCUT2D eigenvalue weighted by Crippen LogP contribution is 2.34. The van der Waals surface area contributed by atoms with E-state index in [0.29, 0.717) is 22.8 Å². The molecule has 5 rings (SSSR count). The van der Waals surface area contributed by atoms with Crippen LogP contribution in [-0.2, 0) is 11.3 Å². The van der Waals surface area contributed by atoms with Gasteiger partial charge < -0.3 is 19.9 Å². The molecule has 2 aromatic heterocycles. The molecule has 1 saturated heterocycles. The van der Waals surface area contributed by atoms with Crippen LogP contribution in [0.2, 0.25) is 0 Å². The second-order valence-electron chi connectivity index (χ2n) is 8.91. The van der Waals surface area contributed by atoms with E-state index >= 15 is 8.78 Å². The standard InChI is InChI=1S/C27H26F2N6O3S/c28-21-14-19(15-22(29)24(21)25(35-39(36)37)17-6-2-1-3-7-17)38-26-20(9-5-12-31-26)23-10-13-32-27(34-23)33-18-8-4-11-30-16-18/h1-3,5-7,9-10,12-15,18,25,30,35H,4,8,11,16H2,(H,36,37)(H,32,33,34)/p-1/t18-,25-/m0/s1. The van der Waals surface area contributed by atoms with Crippen molar-refractivity contribution in [1.29, 1.82) is 0 Å². The van der Waals surface area contributed by atoms with Crippen LogP contribution >= 0.6 is 0 Å².